The molecule has 2 fully saturated rings. The summed E-state index contributed by atoms with van der Waals surface area (Å²) >= 11 is 8.28. The largest absolute Gasteiger partial charge is 0.355 e. The Balaban J connectivity index is 1.39. The van der Waals surface area contributed by atoms with E-state index in [4.69, 9.17) is 38.0 Å². The van der Waals surface area contributed by atoms with E-state index < -0.39 is 0 Å². The smallest absolute Gasteiger partial charge is 0.196 e. The zero-order valence-electron chi connectivity index (χ0n) is 20.5. The van der Waals surface area contributed by atoms with Crippen molar-refractivity contribution in [3.8, 4) is 0 Å². The number of H-pyrrole nitrogens is 1. The van der Waals surface area contributed by atoms with E-state index in [0.717, 1.165) is 89.0 Å². The molecule has 4 aromatic rings. The Bertz CT molecular complexity index is 1450. The van der Waals surface area contributed by atoms with Crippen LogP contribution in [-0.2, 0) is 6.42 Å². The van der Waals surface area contributed by atoms with E-state index >= 15 is 0 Å². The maximum absolute atomic E-state index is 6.75. The summed E-state index contributed by atoms with van der Waals surface area (Å²) in [6.45, 7) is 8.18. The Kier molecular flexibility index (Phi) is 6.15. The molecule has 11 heteroatoms. The molecular weight excluding hydrogens is 494 g/mol. The molecule has 0 amide bonds. The molecule has 5 N–H and O–H groups in total. The SMILES string of the molecule is CCc1[nH]c2nc(Sc3ccc4nc(C)nc(N5CC(CN)C5)c4c3)nc(N3CCC(N)C3)c2c1Cl. The molecule has 0 spiro atoms. The predicted octanol–water partition coefficient (Wildman–Crippen LogP) is 3.51. The third-order valence-corrected chi connectivity index (χ3v) is 8.33. The molecule has 2 saturated heterocycles. The number of aromatic nitrogens is 5. The number of aryl methyl sites for hydroxylation is 2. The van der Waals surface area contributed by atoms with Gasteiger partial charge >= 0.3 is 0 Å². The maximum atomic E-state index is 6.75. The summed E-state index contributed by atoms with van der Waals surface area (Å²) in [6, 6.07) is 6.40. The Morgan fingerprint density at radius 2 is 1.94 bits per heavy atom. The molecule has 9 nitrogen and oxygen atoms in total. The molecule has 1 aromatic carbocycles. The second-order valence-corrected chi connectivity index (χ2v) is 11.1. The quantitative estimate of drug-likeness (QED) is 0.325. The monoisotopic (exact) mass is 523 g/mol. The van der Waals surface area contributed by atoms with E-state index in [2.05, 4.69) is 44.9 Å². The van der Waals surface area contributed by atoms with Crippen LogP contribution >= 0.6 is 23.4 Å². The van der Waals surface area contributed by atoms with Gasteiger partial charge in [0.1, 0.15) is 23.1 Å². The molecule has 2 aliphatic heterocycles. The molecule has 0 aliphatic carbocycles. The second kappa shape index (κ2) is 9.33. The van der Waals surface area contributed by atoms with Gasteiger partial charge in [-0.15, -0.1) is 0 Å². The van der Waals surface area contributed by atoms with Crippen molar-refractivity contribution < 1.29 is 0 Å². The van der Waals surface area contributed by atoms with Gasteiger partial charge in [0.2, 0.25) is 0 Å². The summed E-state index contributed by atoms with van der Waals surface area (Å²) in [5.74, 6) is 3.11. The van der Waals surface area contributed by atoms with E-state index in [-0.39, 0.29) is 6.04 Å². The maximum Gasteiger partial charge on any atom is 0.196 e. The van der Waals surface area contributed by atoms with Crippen molar-refractivity contribution in [1.29, 1.82) is 0 Å². The number of nitrogens with zero attached hydrogens (tertiary/aromatic N) is 6. The summed E-state index contributed by atoms with van der Waals surface area (Å²) < 4.78 is 0. The van der Waals surface area contributed by atoms with Gasteiger partial charge in [0.15, 0.2) is 5.16 Å². The van der Waals surface area contributed by atoms with Crippen LogP contribution in [0.4, 0.5) is 11.6 Å². The highest BCUT2D eigenvalue weighted by Crippen LogP contribution is 2.39. The minimum absolute atomic E-state index is 0.136. The number of rotatable bonds is 6. The summed E-state index contributed by atoms with van der Waals surface area (Å²) in [4.78, 5) is 28.2. The van der Waals surface area contributed by atoms with Crippen LogP contribution in [0.15, 0.2) is 28.3 Å². The third kappa shape index (κ3) is 4.15. The highest BCUT2D eigenvalue weighted by molar-refractivity contribution is 7.99. The zero-order chi connectivity index (χ0) is 25.0. The summed E-state index contributed by atoms with van der Waals surface area (Å²) in [5, 5.41) is 3.28. The van der Waals surface area contributed by atoms with E-state index in [9.17, 15) is 0 Å². The number of aromatic amines is 1. The third-order valence-electron chi connectivity index (χ3n) is 7.06. The molecule has 1 unspecified atom stereocenters. The standard InChI is InChI=1S/C25H30ClN9S/c1-3-18-21(26)20-22(31-18)32-25(33-24(20)34-7-6-15(28)12-34)36-16-4-5-19-17(8-16)23(30-13(2)29-19)35-10-14(9-27)11-35/h4-5,8,14-15H,3,6-7,9-12,27-28H2,1-2H3,(H,31,32,33). The fourth-order valence-corrected chi connectivity index (χ4v) is 6.22. The molecule has 3 aromatic heterocycles. The molecule has 2 aliphatic rings. The number of nitrogens with one attached hydrogen (secondary N) is 1. The van der Waals surface area contributed by atoms with E-state index in [1.54, 1.807) is 0 Å². The van der Waals surface area contributed by atoms with Crippen LogP contribution in [0.25, 0.3) is 21.9 Å². The van der Waals surface area contributed by atoms with Crippen molar-refractivity contribution in [1.82, 2.24) is 24.9 Å². The van der Waals surface area contributed by atoms with Crippen molar-refractivity contribution in [3.63, 3.8) is 0 Å². The van der Waals surface area contributed by atoms with Crippen molar-refractivity contribution in [3.05, 3.63) is 34.7 Å². The van der Waals surface area contributed by atoms with Crippen LogP contribution in [0.2, 0.25) is 5.02 Å². The summed E-state index contributed by atoms with van der Waals surface area (Å²) in [7, 11) is 0. The number of nitrogens with two attached hydrogens (primary N) is 2. The lowest BCUT2D eigenvalue weighted by molar-refractivity contribution is 0.418. The lowest BCUT2D eigenvalue weighted by Gasteiger charge is -2.40. The second-order valence-electron chi connectivity index (χ2n) is 9.70. The average molecular weight is 524 g/mol. The molecule has 0 saturated carbocycles. The van der Waals surface area contributed by atoms with Gasteiger partial charge in [-0.05, 0) is 56.3 Å². The first kappa shape index (κ1) is 23.7. The lowest BCUT2D eigenvalue weighted by Crippen LogP contribution is -2.50. The van der Waals surface area contributed by atoms with Crippen molar-refractivity contribution in [2.24, 2.45) is 17.4 Å². The minimum Gasteiger partial charge on any atom is -0.355 e. The highest BCUT2D eigenvalue weighted by Gasteiger charge is 2.29. The van der Waals surface area contributed by atoms with E-state index in [1.807, 2.05) is 6.92 Å². The van der Waals surface area contributed by atoms with E-state index in [0.29, 0.717) is 22.6 Å². The molecule has 36 heavy (non-hydrogen) atoms. The van der Waals surface area contributed by atoms with Gasteiger partial charge in [0, 0.05) is 54.1 Å². The number of anilines is 2. The average Bonchev–Trinajstić information content (AvgIpc) is 3.41. The summed E-state index contributed by atoms with van der Waals surface area (Å²) in [6.07, 6.45) is 1.73. The van der Waals surface area contributed by atoms with Crippen LogP contribution in [0.5, 0.6) is 0 Å². The van der Waals surface area contributed by atoms with Gasteiger partial charge in [-0.2, -0.15) is 0 Å². The topological polar surface area (TPSA) is 126 Å². The van der Waals surface area contributed by atoms with Crippen LogP contribution in [0.1, 0.15) is 24.9 Å². The Morgan fingerprint density at radius 3 is 2.67 bits per heavy atom. The van der Waals surface area contributed by atoms with Gasteiger partial charge in [-0.25, -0.2) is 19.9 Å². The molecular formula is C25H30ClN9S. The number of benzene rings is 1. The normalized spacial score (nSPS) is 18.5. The molecule has 6 rings (SSSR count). The van der Waals surface area contributed by atoms with Crippen LogP contribution in [-0.4, -0.2) is 63.7 Å². The van der Waals surface area contributed by atoms with Crippen LogP contribution in [0, 0.1) is 12.8 Å². The first-order chi connectivity index (χ1) is 17.4. The van der Waals surface area contributed by atoms with Gasteiger partial charge in [0.25, 0.3) is 0 Å². The fourth-order valence-electron chi connectivity index (χ4n) is 5.07. The Morgan fingerprint density at radius 1 is 1.11 bits per heavy atom. The molecule has 0 bridgehead atoms. The van der Waals surface area contributed by atoms with Gasteiger partial charge in [0.05, 0.1) is 15.9 Å². The van der Waals surface area contributed by atoms with Gasteiger partial charge in [-0.3, -0.25) is 0 Å². The zero-order valence-corrected chi connectivity index (χ0v) is 22.0. The number of halogens is 1. The number of hydrogen-bond acceptors (Lipinski definition) is 9. The van der Waals surface area contributed by atoms with Crippen LogP contribution in [0.3, 0.4) is 0 Å². The number of fused-ring (bicyclic) bond motifs is 2. The van der Waals surface area contributed by atoms with Crippen molar-refractivity contribution in [2.45, 2.75) is 42.8 Å². The predicted molar refractivity (Wildman–Crippen MR) is 146 cm³/mol. The van der Waals surface area contributed by atoms with Crippen molar-refractivity contribution >= 4 is 56.9 Å². The Hall–Kier alpha value is -2.66. The lowest BCUT2D eigenvalue weighted by atomic mass is 10.00. The van der Waals surface area contributed by atoms with Crippen molar-refractivity contribution in [2.75, 3.05) is 42.5 Å². The number of hydrogen-bond donors (Lipinski definition) is 3. The van der Waals surface area contributed by atoms with Crippen LogP contribution < -0.4 is 21.3 Å². The first-order valence-electron chi connectivity index (χ1n) is 12.4. The first-order valence-corrected chi connectivity index (χ1v) is 13.6. The highest BCUT2D eigenvalue weighted by atomic mass is 35.5. The molecule has 1 atom stereocenters. The minimum atomic E-state index is 0.136. The summed E-state index contributed by atoms with van der Waals surface area (Å²) in [5.41, 5.74) is 14.7. The van der Waals surface area contributed by atoms with Gasteiger partial charge in [-0.1, -0.05) is 18.5 Å². The molecule has 5 heterocycles. The molecule has 188 valence electrons. The van der Waals surface area contributed by atoms with Gasteiger partial charge < -0.3 is 26.3 Å². The molecule has 0 radical (unpaired) electrons. The Labute approximate surface area is 219 Å². The van der Waals surface area contributed by atoms with E-state index in [1.165, 1.54) is 11.8 Å². The fraction of sp³-hybridized carbons (Fsp3) is 0.440.